The molecule has 1 aliphatic rings. The van der Waals surface area contributed by atoms with Crippen molar-refractivity contribution in [1.29, 1.82) is 0 Å². The van der Waals surface area contributed by atoms with Gasteiger partial charge in [0.2, 0.25) is 0 Å². The van der Waals surface area contributed by atoms with Crippen LogP contribution in [0, 0.1) is 0 Å². The van der Waals surface area contributed by atoms with Crippen LogP contribution in [0.15, 0.2) is 24.3 Å². The van der Waals surface area contributed by atoms with Gasteiger partial charge < -0.3 is 4.90 Å². The normalized spacial score (nSPS) is 20.6. The first-order chi connectivity index (χ1) is 6.25. The van der Waals surface area contributed by atoms with Gasteiger partial charge in [0.15, 0.2) is 0 Å². The molecule has 1 heterocycles. The Balaban J connectivity index is 2.50. The number of nitrogens with zero attached hydrogens (tertiary/aromatic N) is 1. The Morgan fingerprint density at radius 2 is 2.08 bits per heavy atom. The fourth-order valence-electron chi connectivity index (χ4n) is 1.97. The molecule has 2 heteroatoms. The zero-order valence-corrected chi connectivity index (χ0v) is 8.77. The minimum absolute atomic E-state index is 0.452. The first-order valence-electron chi connectivity index (χ1n) is 4.65. The lowest BCUT2D eigenvalue weighted by atomic mass is 10.1. The summed E-state index contributed by atoms with van der Waals surface area (Å²) in [4.78, 5) is 3.27. The SMILES string of the molecule is CCN1C(=S)c2ccccc2C1C. The van der Waals surface area contributed by atoms with Crippen molar-refractivity contribution in [3.8, 4) is 0 Å². The molecule has 0 saturated heterocycles. The molecular formula is C11H13NS. The quantitative estimate of drug-likeness (QED) is 0.628. The summed E-state index contributed by atoms with van der Waals surface area (Å²) in [5.41, 5.74) is 2.61. The second-order valence-electron chi connectivity index (χ2n) is 3.35. The van der Waals surface area contributed by atoms with Crippen LogP contribution in [-0.2, 0) is 0 Å². The molecule has 0 saturated carbocycles. The molecular weight excluding hydrogens is 178 g/mol. The molecule has 1 aliphatic heterocycles. The van der Waals surface area contributed by atoms with Crippen LogP contribution in [0.5, 0.6) is 0 Å². The molecule has 0 fully saturated rings. The van der Waals surface area contributed by atoms with Crippen LogP contribution in [0.4, 0.5) is 0 Å². The topological polar surface area (TPSA) is 3.24 Å². The lowest BCUT2D eigenvalue weighted by Crippen LogP contribution is -2.25. The molecule has 1 aromatic rings. The van der Waals surface area contributed by atoms with Gasteiger partial charge in [0.25, 0.3) is 0 Å². The molecule has 0 amide bonds. The lowest BCUT2D eigenvalue weighted by Gasteiger charge is -2.21. The molecule has 68 valence electrons. The standard InChI is InChI=1S/C11H13NS/c1-3-12-8(2)9-6-4-5-7-10(9)11(12)13/h4-8H,3H2,1-2H3. The molecule has 1 aromatic carbocycles. The monoisotopic (exact) mass is 191 g/mol. The molecule has 1 atom stereocenters. The Kier molecular flexibility index (Phi) is 2.08. The average molecular weight is 191 g/mol. The fraction of sp³-hybridized carbons (Fsp3) is 0.364. The van der Waals surface area contributed by atoms with Gasteiger partial charge in [-0.15, -0.1) is 0 Å². The summed E-state index contributed by atoms with van der Waals surface area (Å²) in [5.74, 6) is 0. The fourth-order valence-corrected chi connectivity index (χ4v) is 2.45. The van der Waals surface area contributed by atoms with Crippen molar-refractivity contribution in [2.24, 2.45) is 0 Å². The highest BCUT2D eigenvalue weighted by molar-refractivity contribution is 7.80. The molecule has 0 aliphatic carbocycles. The van der Waals surface area contributed by atoms with Gasteiger partial charge in [0.05, 0.1) is 6.04 Å². The average Bonchev–Trinajstić information content (AvgIpc) is 2.41. The van der Waals surface area contributed by atoms with Crippen LogP contribution >= 0.6 is 12.2 Å². The molecule has 1 nitrogen and oxygen atoms in total. The van der Waals surface area contributed by atoms with E-state index >= 15 is 0 Å². The Hall–Kier alpha value is -0.890. The summed E-state index contributed by atoms with van der Waals surface area (Å²) in [5, 5.41) is 0. The summed E-state index contributed by atoms with van der Waals surface area (Å²) in [6.45, 7) is 5.35. The first kappa shape index (κ1) is 8.70. The van der Waals surface area contributed by atoms with Crippen LogP contribution in [0.2, 0.25) is 0 Å². The first-order valence-corrected chi connectivity index (χ1v) is 5.06. The molecule has 0 N–H and O–H groups in total. The third kappa shape index (κ3) is 1.17. The Morgan fingerprint density at radius 3 is 2.69 bits per heavy atom. The second kappa shape index (κ2) is 3.11. The highest BCUT2D eigenvalue weighted by Gasteiger charge is 2.28. The van der Waals surface area contributed by atoms with E-state index in [1.165, 1.54) is 11.1 Å². The molecule has 13 heavy (non-hydrogen) atoms. The Labute approximate surface area is 84.4 Å². The molecule has 0 bridgehead atoms. The molecule has 0 radical (unpaired) electrons. The summed E-state index contributed by atoms with van der Waals surface area (Å²) < 4.78 is 0. The maximum absolute atomic E-state index is 5.40. The van der Waals surface area contributed by atoms with E-state index in [0.717, 1.165) is 11.5 Å². The number of fused-ring (bicyclic) bond motifs is 1. The van der Waals surface area contributed by atoms with Crippen molar-refractivity contribution in [2.75, 3.05) is 6.54 Å². The van der Waals surface area contributed by atoms with Crippen LogP contribution in [0.1, 0.15) is 31.0 Å². The number of rotatable bonds is 1. The maximum atomic E-state index is 5.40. The summed E-state index contributed by atoms with van der Waals surface area (Å²) in [6.07, 6.45) is 0. The third-order valence-electron chi connectivity index (χ3n) is 2.71. The molecule has 2 rings (SSSR count). The van der Waals surface area contributed by atoms with Crippen molar-refractivity contribution in [1.82, 2.24) is 4.90 Å². The minimum Gasteiger partial charge on any atom is -0.356 e. The lowest BCUT2D eigenvalue weighted by molar-refractivity contribution is 0.377. The van der Waals surface area contributed by atoms with E-state index in [-0.39, 0.29) is 0 Å². The number of thiocarbonyl (C=S) groups is 1. The van der Waals surface area contributed by atoms with E-state index in [4.69, 9.17) is 12.2 Å². The zero-order valence-electron chi connectivity index (χ0n) is 7.95. The van der Waals surface area contributed by atoms with Crippen molar-refractivity contribution in [2.45, 2.75) is 19.9 Å². The smallest absolute Gasteiger partial charge is 0.110 e. The summed E-state index contributed by atoms with van der Waals surface area (Å²) in [6, 6.07) is 8.87. The van der Waals surface area contributed by atoms with Gasteiger partial charge in [-0.05, 0) is 19.4 Å². The van der Waals surface area contributed by atoms with Gasteiger partial charge in [-0.2, -0.15) is 0 Å². The van der Waals surface area contributed by atoms with E-state index in [9.17, 15) is 0 Å². The van der Waals surface area contributed by atoms with Gasteiger partial charge in [-0.1, -0.05) is 36.5 Å². The number of hydrogen-bond acceptors (Lipinski definition) is 1. The van der Waals surface area contributed by atoms with Gasteiger partial charge in [-0.25, -0.2) is 0 Å². The van der Waals surface area contributed by atoms with Crippen LogP contribution in [0.25, 0.3) is 0 Å². The number of hydrogen-bond donors (Lipinski definition) is 0. The molecule has 1 unspecified atom stereocenters. The summed E-state index contributed by atoms with van der Waals surface area (Å²) in [7, 11) is 0. The Morgan fingerprint density at radius 1 is 1.38 bits per heavy atom. The largest absolute Gasteiger partial charge is 0.356 e. The second-order valence-corrected chi connectivity index (χ2v) is 3.74. The molecule has 0 spiro atoms. The van der Waals surface area contributed by atoms with Crippen molar-refractivity contribution in [3.05, 3.63) is 35.4 Å². The predicted octanol–water partition coefficient (Wildman–Crippen LogP) is 2.76. The number of benzene rings is 1. The van der Waals surface area contributed by atoms with Gasteiger partial charge in [-0.3, -0.25) is 0 Å². The molecule has 0 aromatic heterocycles. The van der Waals surface area contributed by atoms with Crippen LogP contribution in [0.3, 0.4) is 0 Å². The van der Waals surface area contributed by atoms with Gasteiger partial charge in [0.1, 0.15) is 4.99 Å². The van der Waals surface area contributed by atoms with E-state index < -0.39 is 0 Å². The van der Waals surface area contributed by atoms with E-state index in [0.29, 0.717) is 6.04 Å². The Bertz CT molecular complexity index is 346. The maximum Gasteiger partial charge on any atom is 0.110 e. The van der Waals surface area contributed by atoms with Gasteiger partial charge >= 0.3 is 0 Å². The summed E-state index contributed by atoms with van der Waals surface area (Å²) >= 11 is 5.40. The van der Waals surface area contributed by atoms with Crippen molar-refractivity contribution >= 4 is 17.2 Å². The highest BCUT2D eigenvalue weighted by atomic mass is 32.1. The predicted molar refractivity (Wildman–Crippen MR) is 58.9 cm³/mol. The third-order valence-corrected chi connectivity index (χ3v) is 3.16. The van der Waals surface area contributed by atoms with Crippen molar-refractivity contribution in [3.63, 3.8) is 0 Å². The highest BCUT2D eigenvalue weighted by Crippen LogP contribution is 2.32. The van der Waals surface area contributed by atoms with Gasteiger partial charge in [0, 0.05) is 12.1 Å². The minimum atomic E-state index is 0.452. The van der Waals surface area contributed by atoms with Crippen molar-refractivity contribution < 1.29 is 0 Å². The van der Waals surface area contributed by atoms with E-state index in [1.807, 2.05) is 0 Å². The van der Waals surface area contributed by atoms with Crippen LogP contribution in [-0.4, -0.2) is 16.4 Å². The zero-order chi connectivity index (χ0) is 9.42. The van der Waals surface area contributed by atoms with E-state index in [2.05, 4.69) is 43.0 Å². The van der Waals surface area contributed by atoms with Crippen LogP contribution < -0.4 is 0 Å². The van der Waals surface area contributed by atoms with E-state index in [1.54, 1.807) is 0 Å².